The highest BCUT2D eigenvalue weighted by atomic mass is 32.2. The number of benzene rings is 2. The van der Waals surface area contributed by atoms with Crippen molar-refractivity contribution in [3.63, 3.8) is 0 Å². The number of aryl methyl sites for hydroxylation is 1. The summed E-state index contributed by atoms with van der Waals surface area (Å²) in [6, 6.07) is 14.7. The van der Waals surface area contributed by atoms with Crippen molar-refractivity contribution in [3.05, 3.63) is 65.5 Å². The number of ketones is 1. The minimum atomic E-state index is -0.357. The molecule has 0 saturated carbocycles. The fourth-order valence-electron chi connectivity index (χ4n) is 2.39. The number of carbonyl (C=O) groups excluding carboxylic acids is 1. The predicted molar refractivity (Wildman–Crippen MR) is 102 cm³/mol. The van der Waals surface area contributed by atoms with Crippen LogP contribution in [0.4, 0.5) is 0 Å². The molecule has 1 heterocycles. The van der Waals surface area contributed by atoms with Crippen molar-refractivity contribution in [2.75, 3.05) is 7.11 Å². The standard InChI is InChI=1S/C20H20N2O4S/c1-13-5-4-6-17(11-13)25-12-18-21-22-20(26-18)27-14(2)19(23)15-7-9-16(24-3)10-8-15/h4-11,14H,12H2,1-3H3/t14-/m0/s1. The average molecular weight is 384 g/mol. The lowest BCUT2D eigenvalue weighted by atomic mass is 10.1. The molecule has 0 saturated heterocycles. The van der Waals surface area contributed by atoms with Crippen molar-refractivity contribution < 1.29 is 18.7 Å². The number of rotatable bonds is 8. The van der Waals surface area contributed by atoms with Crippen LogP contribution >= 0.6 is 11.8 Å². The summed E-state index contributed by atoms with van der Waals surface area (Å²) < 4.78 is 16.3. The van der Waals surface area contributed by atoms with Crippen LogP contribution in [0.25, 0.3) is 0 Å². The molecule has 0 fully saturated rings. The van der Waals surface area contributed by atoms with Gasteiger partial charge in [-0.25, -0.2) is 0 Å². The van der Waals surface area contributed by atoms with Gasteiger partial charge in [0.15, 0.2) is 12.4 Å². The molecule has 0 bridgehead atoms. The molecule has 0 aliphatic heterocycles. The first-order valence-electron chi connectivity index (χ1n) is 8.42. The van der Waals surface area contributed by atoms with Crippen LogP contribution in [0.5, 0.6) is 11.5 Å². The molecule has 2 aromatic carbocycles. The fraction of sp³-hybridized carbons (Fsp3) is 0.250. The second-order valence-electron chi connectivity index (χ2n) is 5.92. The molecule has 0 aliphatic carbocycles. The van der Waals surface area contributed by atoms with Gasteiger partial charge in [0.2, 0.25) is 0 Å². The lowest BCUT2D eigenvalue weighted by molar-refractivity contribution is 0.0993. The number of methoxy groups -OCH3 is 1. The van der Waals surface area contributed by atoms with Gasteiger partial charge in [-0.2, -0.15) is 0 Å². The fourth-order valence-corrected chi connectivity index (χ4v) is 3.17. The molecule has 27 heavy (non-hydrogen) atoms. The topological polar surface area (TPSA) is 74.5 Å². The summed E-state index contributed by atoms with van der Waals surface area (Å²) >= 11 is 1.22. The number of ether oxygens (including phenoxy) is 2. The van der Waals surface area contributed by atoms with Crippen LogP contribution in [0.15, 0.2) is 58.2 Å². The molecule has 0 amide bonds. The Labute approximate surface area is 161 Å². The number of aromatic nitrogens is 2. The van der Waals surface area contributed by atoms with Gasteiger partial charge < -0.3 is 13.9 Å². The van der Waals surface area contributed by atoms with E-state index >= 15 is 0 Å². The van der Waals surface area contributed by atoms with Gasteiger partial charge in [-0.3, -0.25) is 4.79 Å². The Morgan fingerprint density at radius 1 is 1.15 bits per heavy atom. The van der Waals surface area contributed by atoms with Gasteiger partial charge in [-0.05, 0) is 55.8 Å². The third-order valence-electron chi connectivity index (χ3n) is 3.82. The van der Waals surface area contributed by atoms with Gasteiger partial charge in [-0.15, -0.1) is 10.2 Å². The molecule has 1 aromatic heterocycles. The maximum Gasteiger partial charge on any atom is 0.277 e. The first-order chi connectivity index (χ1) is 13.0. The molecule has 1 atom stereocenters. The number of thioether (sulfide) groups is 1. The molecule has 3 rings (SSSR count). The van der Waals surface area contributed by atoms with Gasteiger partial charge in [0.25, 0.3) is 11.1 Å². The van der Waals surface area contributed by atoms with E-state index in [1.807, 2.05) is 38.1 Å². The highest BCUT2D eigenvalue weighted by molar-refractivity contribution is 8.00. The van der Waals surface area contributed by atoms with Crippen LogP contribution in [-0.4, -0.2) is 28.3 Å². The van der Waals surface area contributed by atoms with Gasteiger partial charge >= 0.3 is 0 Å². The molecule has 0 spiro atoms. The number of hydrogen-bond donors (Lipinski definition) is 0. The predicted octanol–water partition coefficient (Wildman–Crippen LogP) is 4.33. The maximum absolute atomic E-state index is 12.5. The van der Waals surface area contributed by atoms with Crippen LogP contribution in [0.1, 0.15) is 28.7 Å². The normalized spacial score (nSPS) is 11.8. The van der Waals surface area contributed by atoms with Crippen molar-refractivity contribution in [2.24, 2.45) is 0 Å². The van der Waals surface area contributed by atoms with Crippen molar-refractivity contribution >= 4 is 17.5 Å². The van der Waals surface area contributed by atoms with E-state index < -0.39 is 0 Å². The van der Waals surface area contributed by atoms with E-state index in [1.54, 1.807) is 31.4 Å². The van der Waals surface area contributed by atoms with Gasteiger partial charge in [0.1, 0.15) is 11.5 Å². The quantitative estimate of drug-likeness (QED) is 0.423. The SMILES string of the molecule is COc1ccc(C(=O)[C@H](C)Sc2nnc(COc3cccc(C)c3)o2)cc1. The molecule has 0 aliphatic rings. The average Bonchev–Trinajstić information content (AvgIpc) is 3.13. The summed E-state index contributed by atoms with van der Waals surface area (Å²) in [5.41, 5.74) is 1.72. The first-order valence-corrected chi connectivity index (χ1v) is 9.30. The Kier molecular flexibility index (Phi) is 6.13. The summed E-state index contributed by atoms with van der Waals surface area (Å²) in [5.74, 6) is 1.80. The summed E-state index contributed by atoms with van der Waals surface area (Å²) in [6.07, 6.45) is 0. The van der Waals surface area contributed by atoms with Crippen LogP contribution in [-0.2, 0) is 6.61 Å². The van der Waals surface area contributed by atoms with Crippen molar-refractivity contribution in [2.45, 2.75) is 30.9 Å². The van der Waals surface area contributed by atoms with Crippen LogP contribution < -0.4 is 9.47 Å². The number of nitrogens with zero attached hydrogens (tertiary/aromatic N) is 2. The molecular formula is C20H20N2O4S. The lowest BCUT2D eigenvalue weighted by Gasteiger charge is -2.08. The highest BCUT2D eigenvalue weighted by Gasteiger charge is 2.20. The van der Waals surface area contributed by atoms with Crippen molar-refractivity contribution in [1.82, 2.24) is 10.2 Å². The molecule has 0 N–H and O–H groups in total. The van der Waals surface area contributed by atoms with E-state index in [0.717, 1.165) is 11.3 Å². The van der Waals surface area contributed by atoms with Crippen LogP contribution in [0.2, 0.25) is 0 Å². The summed E-state index contributed by atoms with van der Waals surface area (Å²) in [5, 5.41) is 7.94. The molecule has 140 valence electrons. The van der Waals surface area contributed by atoms with E-state index in [1.165, 1.54) is 11.8 Å². The molecular weight excluding hydrogens is 364 g/mol. The Hall–Kier alpha value is -2.80. The third kappa shape index (κ3) is 5.10. The van der Waals surface area contributed by atoms with Gasteiger partial charge in [0.05, 0.1) is 12.4 Å². The lowest BCUT2D eigenvalue weighted by Crippen LogP contribution is -2.13. The molecule has 7 heteroatoms. The molecule has 3 aromatic rings. The Morgan fingerprint density at radius 2 is 1.93 bits per heavy atom. The molecule has 6 nitrogen and oxygen atoms in total. The largest absolute Gasteiger partial charge is 0.497 e. The Balaban J connectivity index is 1.56. The summed E-state index contributed by atoms with van der Waals surface area (Å²) in [6.45, 7) is 3.98. The van der Waals surface area contributed by atoms with E-state index in [-0.39, 0.29) is 17.6 Å². The zero-order valence-electron chi connectivity index (χ0n) is 15.3. The van der Waals surface area contributed by atoms with Gasteiger partial charge in [-0.1, -0.05) is 23.9 Å². The van der Waals surface area contributed by atoms with Crippen molar-refractivity contribution in [1.29, 1.82) is 0 Å². The zero-order chi connectivity index (χ0) is 19.2. The van der Waals surface area contributed by atoms with Crippen LogP contribution in [0, 0.1) is 6.92 Å². The second kappa shape index (κ2) is 8.73. The Morgan fingerprint density at radius 3 is 2.63 bits per heavy atom. The summed E-state index contributed by atoms with van der Waals surface area (Å²) in [7, 11) is 1.59. The van der Waals surface area contributed by atoms with E-state index in [9.17, 15) is 4.79 Å². The monoisotopic (exact) mass is 384 g/mol. The zero-order valence-corrected chi connectivity index (χ0v) is 16.2. The Bertz CT molecular complexity index is 908. The highest BCUT2D eigenvalue weighted by Crippen LogP contribution is 2.25. The smallest absolute Gasteiger partial charge is 0.277 e. The number of hydrogen-bond acceptors (Lipinski definition) is 7. The number of carbonyl (C=O) groups is 1. The molecule has 0 radical (unpaired) electrons. The number of Topliss-reactive ketones (excluding diaryl/α,β-unsaturated/α-hetero) is 1. The second-order valence-corrected chi connectivity index (χ2v) is 7.21. The maximum atomic E-state index is 12.5. The van der Waals surface area contributed by atoms with E-state index in [2.05, 4.69) is 10.2 Å². The third-order valence-corrected chi connectivity index (χ3v) is 4.76. The minimum Gasteiger partial charge on any atom is -0.497 e. The summed E-state index contributed by atoms with van der Waals surface area (Å²) in [4.78, 5) is 12.5. The first kappa shape index (κ1) is 19.0. The van der Waals surface area contributed by atoms with Gasteiger partial charge in [0, 0.05) is 5.56 Å². The van der Waals surface area contributed by atoms with Crippen LogP contribution in [0.3, 0.4) is 0 Å². The van der Waals surface area contributed by atoms with E-state index in [0.29, 0.717) is 22.4 Å². The van der Waals surface area contributed by atoms with E-state index in [4.69, 9.17) is 13.9 Å². The minimum absolute atomic E-state index is 0.0154. The van der Waals surface area contributed by atoms with Crippen molar-refractivity contribution in [3.8, 4) is 11.5 Å². The molecule has 0 unspecified atom stereocenters.